The van der Waals surface area contributed by atoms with E-state index >= 15 is 0 Å². The Hall–Kier alpha value is -1.73. The quantitative estimate of drug-likeness (QED) is 0.822. The SMILES string of the molecule is C#CCN(CCC(=O)O)c1ccc(F)c(Cl)c1. The van der Waals surface area contributed by atoms with Crippen molar-refractivity contribution in [3.8, 4) is 12.3 Å². The highest BCUT2D eigenvalue weighted by molar-refractivity contribution is 6.31. The summed E-state index contributed by atoms with van der Waals surface area (Å²) >= 11 is 5.65. The first kappa shape index (κ1) is 13.3. The fraction of sp³-hybridized carbons (Fsp3) is 0.250. The molecule has 0 aliphatic carbocycles. The number of carboxylic acid groups (broad SMARTS) is 1. The van der Waals surface area contributed by atoms with Crippen molar-refractivity contribution in [3.05, 3.63) is 29.0 Å². The summed E-state index contributed by atoms with van der Waals surface area (Å²) in [6, 6.07) is 4.17. The summed E-state index contributed by atoms with van der Waals surface area (Å²) < 4.78 is 13.0. The second-order valence-electron chi connectivity index (χ2n) is 3.37. The minimum Gasteiger partial charge on any atom is -0.481 e. The average molecular weight is 256 g/mol. The summed E-state index contributed by atoms with van der Waals surface area (Å²) in [7, 11) is 0. The maximum absolute atomic E-state index is 13.0. The van der Waals surface area contributed by atoms with E-state index in [0.717, 1.165) is 0 Å². The molecular weight excluding hydrogens is 245 g/mol. The highest BCUT2D eigenvalue weighted by Crippen LogP contribution is 2.22. The second kappa shape index (κ2) is 6.12. The Kier molecular flexibility index (Phi) is 4.80. The van der Waals surface area contributed by atoms with E-state index in [1.54, 1.807) is 4.90 Å². The predicted octanol–water partition coefficient (Wildman–Crippen LogP) is 2.39. The van der Waals surface area contributed by atoms with Crippen molar-refractivity contribution < 1.29 is 14.3 Å². The van der Waals surface area contributed by atoms with Gasteiger partial charge in [-0.15, -0.1) is 6.42 Å². The normalized spacial score (nSPS) is 9.71. The molecule has 0 radical (unpaired) electrons. The van der Waals surface area contributed by atoms with Gasteiger partial charge in [0.05, 0.1) is 18.0 Å². The van der Waals surface area contributed by atoms with Gasteiger partial charge in [0.2, 0.25) is 0 Å². The van der Waals surface area contributed by atoms with E-state index in [1.165, 1.54) is 18.2 Å². The van der Waals surface area contributed by atoms with Gasteiger partial charge in [-0.2, -0.15) is 0 Å². The van der Waals surface area contributed by atoms with Crippen LogP contribution in [-0.4, -0.2) is 24.2 Å². The summed E-state index contributed by atoms with van der Waals surface area (Å²) in [4.78, 5) is 12.1. The largest absolute Gasteiger partial charge is 0.481 e. The van der Waals surface area contributed by atoms with E-state index in [0.29, 0.717) is 5.69 Å². The van der Waals surface area contributed by atoms with Gasteiger partial charge < -0.3 is 10.0 Å². The predicted molar refractivity (Wildman–Crippen MR) is 64.7 cm³/mol. The molecule has 1 rings (SSSR count). The number of carbonyl (C=O) groups is 1. The lowest BCUT2D eigenvalue weighted by atomic mass is 10.2. The van der Waals surface area contributed by atoms with Crippen LogP contribution in [0.25, 0.3) is 0 Å². The summed E-state index contributed by atoms with van der Waals surface area (Å²) in [5, 5.41) is 8.60. The van der Waals surface area contributed by atoms with Crippen molar-refractivity contribution >= 4 is 23.3 Å². The molecule has 0 amide bonds. The molecular formula is C12H11ClFNO2. The van der Waals surface area contributed by atoms with Gasteiger partial charge in [-0.3, -0.25) is 4.79 Å². The van der Waals surface area contributed by atoms with Crippen LogP contribution in [0, 0.1) is 18.2 Å². The fourth-order valence-corrected chi connectivity index (χ4v) is 1.50. The lowest BCUT2D eigenvalue weighted by Gasteiger charge is -2.21. The first-order valence-corrected chi connectivity index (χ1v) is 5.27. The lowest BCUT2D eigenvalue weighted by Crippen LogP contribution is -2.26. The van der Waals surface area contributed by atoms with Gasteiger partial charge in [-0.25, -0.2) is 4.39 Å². The molecule has 1 aromatic rings. The summed E-state index contributed by atoms with van der Waals surface area (Å²) in [6.45, 7) is 0.497. The molecule has 0 spiro atoms. The van der Waals surface area contributed by atoms with E-state index in [1.807, 2.05) is 0 Å². The molecule has 90 valence electrons. The summed E-state index contributed by atoms with van der Waals surface area (Å²) in [5.74, 6) is 0.985. The van der Waals surface area contributed by atoms with Gasteiger partial charge in [-0.05, 0) is 18.2 Å². The third-order valence-electron chi connectivity index (χ3n) is 2.15. The van der Waals surface area contributed by atoms with Crippen LogP contribution in [0.1, 0.15) is 6.42 Å². The zero-order valence-corrected chi connectivity index (χ0v) is 9.75. The number of aliphatic carboxylic acids is 1. The maximum Gasteiger partial charge on any atom is 0.305 e. The number of hydrogen-bond acceptors (Lipinski definition) is 2. The lowest BCUT2D eigenvalue weighted by molar-refractivity contribution is -0.136. The number of nitrogens with zero attached hydrogens (tertiary/aromatic N) is 1. The molecule has 0 saturated carbocycles. The Morgan fingerprint density at radius 1 is 1.59 bits per heavy atom. The number of hydrogen-bond donors (Lipinski definition) is 1. The third-order valence-corrected chi connectivity index (χ3v) is 2.44. The molecule has 0 bridgehead atoms. The Morgan fingerprint density at radius 2 is 2.29 bits per heavy atom. The zero-order valence-electron chi connectivity index (χ0n) is 8.99. The van der Waals surface area contributed by atoms with Gasteiger partial charge in [0.1, 0.15) is 5.82 Å². The molecule has 0 aliphatic heterocycles. The molecule has 0 fully saturated rings. The van der Waals surface area contributed by atoms with Crippen molar-refractivity contribution in [3.63, 3.8) is 0 Å². The summed E-state index contributed by atoms with van der Waals surface area (Å²) in [5.41, 5.74) is 0.607. The molecule has 0 aromatic heterocycles. The van der Waals surface area contributed by atoms with Gasteiger partial charge in [0, 0.05) is 12.2 Å². The van der Waals surface area contributed by atoms with Gasteiger partial charge >= 0.3 is 5.97 Å². The molecule has 0 unspecified atom stereocenters. The van der Waals surface area contributed by atoms with Crippen LogP contribution in [0.5, 0.6) is 0 Å². The number of rotatable bonds is 5. The summed E-state index contributed by atoms with van der Waals surface area (Å²) in [6.07, 6.45) is 5.15. The molecule has 0 saturated heterocycles. The van der Waals surface area contributed by atoms with Gasteiger partial charge in [0.15, 0.2) is 0 Å². The molecule has 0 atom stereocenters. The monoisotopic (exact) mass is 255 g/mol. The van der Waals surface area contributed by atoms with Crippen molar-refractivity contribution in [1.82, 2.24) is 0 Å². The van der Waals surface area contributed by atoms with Crippen LogP contribution in [0.4, 0.5) is 10.1 Å². The standard InChI is InChI=1S/C12H11ClFNO2/c1-2-6-15(7-5-12(16)17)9-3-4-11(14)10(13)8-9/h1,3-4,8H,5-7H2,(H,16,17). The van der Waals surface area contributed by atoms with E-state index in [4.69, 9.17) is 23.1 Å². The fourth-order valence-electron chi connectivity index (χ4n) is 1.32. The average Bonchev–Trinajstić information content (AvgIpc) is 2.28. The Bertz CT molecular complexity index is 456. The molecule has 17 heavy (non-hydrogen) atoms. The number of halogens is 2. The molecule has 5 heteroatoms. The van der Waals surface area contributed by atoms with Crippen LogP contribution < -0.4 is 4.90 Å². The number of anilines is 1. The van der Waals surface area contributed by atoms with Gasteiger partial charge in [-0.1, -0.05) is 17.5 Å². The second-order valence-corrected chi connectivity index (χ2v) is 3.78. The van der Waals surface area contributed by atoms with Crippen LogP contribution >= 0.6 is 11.6 Å². The third kappa shape index (κ3) is 3.97. The molecule has 3 nitrogen and oxygen atoms in total. The van der Waals surface area contributed by atoms with Crippen molar-refractivity contribution in [1.29, 1.82) is 0 Å². The molecule has 1 aromatic carbocycles. The zero-order chi connectivity index (χ0) is 12.8. The van der Waals surface area contributed by atoms with Gasteiger partial charge in [0.25, 0.3) is 0 Å². The van der Waals surface area contributed by atoms with Crippen molar-refractivity contribution in [2.45, 2.75) is 6.42 Å². The number of terminal acetylenes is 1. The van der Waals surface area contributed by atoms with Crippen LogP contribution in [-0.2, 0) is 4.79 Å². The molecule has 0 heterocycles. The Labute approximate surface area is 104 Å². The van der Waals surface area contributed by atoms with Crippen molar-refractivity contribution in [2.75, 3.05) is 18.0 Å². The minimum atomic E-state index is -0.916. The van der Waals surface area contributed by atoms with Crippen molar-refractivity contribution in [2.24, 2.45) is 0 Å². The van der Waals surface area contributed by atoms with E-state index in [2.05, 4.69) is 5.92 Å². The van der Waals surface area contributed by atoms with Crippen LogP contribution in [0.15, 0.2) is 18.2 Å². The molecule has 1 N–H and O–H groups in total. The number of carboxylic acids is 1. The highest BCUT2D eigenvalue weighted by Gasteiger charge is 2.09. The maximum atomic E-state index is 13.0. The first-order chi connectivity index (χ1) is 8.04. The highest BCUT2D eigenvalue weighted by atomic mass is 35.5. The smallest absolute Gasteiger partial charge is 0.305 e. The first-order valence-electron chi connectivity index (χ1n) is 4.90. The Balaban J connectivity index is 2.85. The minimum absolute atomic E-state index is 0.0140. The topological polar surface area (TPSA) is 40.5 Å². The van der Waals surface area contributed by atoms with Crippen LogP contribution in [0.2, 0.25) is 5.02 Å². The van der Waals surface area contributed by atoms with Crippen LogP contribution in [0.3, 0.4) is 0 Å². The number of benzene rings is 1. The van der Waals surface area contributed by atoms with E-state index < -0.39 is 11.8 Å². The van der Waals surface area contributed by atoms with E-state index in [9.17, 15) is 9.18 Å². The van der Waals surface area contributed by atoms with E-state index in [-0.39, 0.29) is 24.5 Å². The molecule has 0 aliphatic rings. The Morgan fingerprint density at radius 3 is 2.82 bits per heavy atom.